The number of methoxy groups -OCH3 is 1. The Balaban J connectivity index is 1.67. The molecule has 3 rings (SSSR count). The van der Waals surface area contributed by atoms with E-state index in [1.165, 1.54) is 32.1 Å². The molecule has 5 heteroatoms. The van der Waals surface area contributed by atoms with E-state index >= 15 is 0 Å². The fraction of sp³-hybridized carbons (Fsp3) is 0.476. The van der Waals surface area contributed by atoms with E-state index in [2.05, 4.69) is 23.3 Å². The van der Waals surface area contributed by atoms with Crippen LogP contribution in [0.4, 0.5) is 5.69 Å². The van der Waals surface area contributed by atoms with E-state index in [1.54, 1.807) is 19.2 Å². The molecule has 1 heterocycles. The fourth-order valence-electron chi connectivity index (χ4n) is 3.60. The maximum absolute atomic E-state index is 12.5. The summed E-state index contributed by atoms with van der Waals surface area (Å²) in [5.41, 5.74) is 1.96. The van der Waals surface area contributed by atoms with Gasteiger partial charge in [0, 0.05) is 25.4 Å². The lowest BCUT2D eigenvalue weighted by Gasteiger charge is -2.31. The first-order valence-corrected chi connectivity index (χ1v) is 9.34. The number of hydrogen-bond acceptors (Lipinski definition) is 4. The quantitative estimate of drug-likeness (QED) is 0.797. The summed E-state index contributed by atoms with van der Waals surface area (Å²) in [5, 5.41) is 2.99. The van der Waals surface area contributed by atoms with Gasteiger partial charge in [-0.15, -0.1) is 0 Å². The third-order valence-electron chi connectivity index (χ3n) is 5.06. The number of hydrogen-bond donors (Lipinski definition) is 1. The van der Waals surface area contributed by atoms with Gasteiger partial charge in [0.05, 0.1) is 0 Å². The number of rotatable bonds is 7. The monoisotopic (exact) mass is 356 g/mol. The van der Waals surface area contributed by atoms with Crippen LogP contribution in [-0.4, -0.2) is 31.0 Å². The van der Waals surface area contributed by atoms with Crippen LogP contribution >= 0.6 is 0 Å². The normalized spacial score (nSPS) is 15.3. The van der Waals surface area contributed by atoms with Crippen LogP contribution in [0.25, 0.3) is 0 Å². The SMILES string of the molecule is COCc1ccc(C(=O)Nc2ccccc2CN(C)C2CCCCC2)o1. The van der Waals surface area contributed by atoms with Gasteiger partial charge in [0.2, 0.25) is 0 Å². The van der Waals surface area contributed by atoms with E-state index < -0.39 is 0 Å². The lowest BCUT2D eigenvalue weighted by molar-refractivity contribution is 0.0987. The van der Waals surface area contributed by atoms with Gasteiger partial charge in [-0.1, -0.05) is 37.5 Å². The van der Waals surface area contributed by atoms with Crippen LogP contribution in [0.1, 0.15) is 54.0 Å². The number of amides is 1. The number of carbonyl (C=O) groups excluding carboxylic acids is 1. The highest BCUT2D eigenvalue weighted by Crippen LogP contribution is 2.25. The Morgan fingerprint density at radius 3 is 2.73 bits per heavy atom. The number of nitrogens with one attached hydrogen (secondary N) is 1. The molecule has 1 aliphatic rings. The highest BCUT2D eigenvalue weighted by molar-refractivity contribution is 6.02. The molecule has 5 nitrogen and oxygen atoms in total. The number of anilines is 1. The Hall–Kier alpha value is -2.11. The van der Waals surface area contributed by atoms with Gasteiger partial charge in [-0.3, -0.25) is 9.69 Å². The average molecular weight is 356 g/mol. The third-order valence-corrected chi connectivity index (χ3v) is 5.06. The molecule has 0 bridgehead atoms. The second kappa shape index (κ2) is 9.01. The zero-order chi connectivity index (χ0) is 18.4. The van der Waals surface area contributed by atoms with Crippen LogP contribution in [0.15, 0.2) is 40.8 Å². The third kappa shape index (κ3) is 4.74. The second-order valence-electron chi connectivity index (χ2n) is 7.02. The standard InChI is InChI=1S/C21H28N2O3/c1-23(17-9-4-3-5-10-17)14-16-8-6-7-11-19(16)22-21(24)20-13-12-18(26-20)15-25-2/h6-8,11-13,17H,3-5,9-10,14-15H2,1-2H3,(H,22,24). The first-order chi connectivity index (χ1) is 12.7. The van der Waals surface area contributed by atoms with Gasteiger partial charge in [-0.25, -0.2) is 0 Å². The van der Waals surface area contributed by atoms with E-state index in [1.807, 2.05) is 18.2 Å². The first kappa shape index (κ1) is 18.7. The number of nitrogens with zero attached hydrogens (tertiary/aromatic N) is 1. The minimum atomic E-state index is -0.236. The van der Waals surface area contributed by atoms with E-state index in [0.29, 0.717) is 24.2 Å². The summed E-state index contributed by atoms with van der Waals surface area (Å²) in [6.45, 7) is 1.18. The Labute approximate surface area is 155 Å². The predicted molar refractivity (Wildman–Crippen MR) is 102 cm³/mol. The smallest absolute Gasteiger partial charge is 0.291 e. The van der Waals surface area contributed by atoms with Crippen LogP contribution < -0.4 is 5.32 Å². The van der Waals surface area contributed by atoms with Gasteiger partial charge in [-0.2, -0.15) is 0 Å². The molecule has 1 aromatic carbocycles. The van der Waals surface area contributed by atoms with Crippen molar-refractivity contribution in [3.8, 4) is 0 Å². The highest BCUT2D eigenvalue weighted by Gasteiger charge is 2.19. The summed E-state index contributed by atoms with van der Waals surface area (Å²) in [7, 11) is 3.78. The van der Waals surface area contributed by atoms with E-state index in [0.717, 1.165) is 17.8 Å². The maximum Gasteiger partial charge on any atom is 0.291 e. The Bertz CT molecular complexity index is 720. The number of ether oxygens (including phenoxy) is 1. The Morgan fingerprint density at radius 2 is 1.96 bits per heavy atom. The second-order valence-corrected chi connectivity index (χ2v) is 7.02. The molecule has 0 spiro atoms. The molecule has 1 aliphatic carbocycles. The lowest BCUT2D eigenvalue weighted by atomic mass is 9.94. The van der Waals surface area contributed by atoms with Gasteiger partial charge in [0.15, 0.2) is 5.76 Å². The van der Waals surface area contributed by atoms with Crippen LogP contribution in [0.3, 0.4) is 0 Å². The number of benzene rings is 1. The van der Waals surface area contributed by atoms with Crippen LogP contribution in [-0.2, 0) is 17.9 Å². The van der Waals surface area contributed by atoms with E-state index in [-0.39, 0.29) is 5.91 Å². The van der Waals surface area contributed by atoms with Crippen molar-refractivity contribution in [2.75, 3.05) is 19.5 Å². The molecule has 140 valence electrons. The lowest BCUT2D eigenvalue weighted by Crippen LogP contribution is -2.33. The summed E-state index contributed by atoms with van der Waals surface area (Å²) in [4.78, 5) is 14.9. The molecule has 0 radical (unpaired) electrons. The van der Waals surface area contributed by atoms with Crippen molar-refractivity contribution < 1.29 is 13.9 Å². The molecule has 0 saturated heterocycles. The van der Waals surface area contributed by atoms with E-state index in [9.17, 15) is 4.79 Å². The van der Waals surface area contributed by atoms with E-state index in [4.69, 9.17) is 9.15 Å². The van der Waals surface area contributed by atoms with Gasteiger partial charge >= 0.3 is 0 Å². The molecule has 1 fully saturated rings. The highest BCUT2D eigenvalue weighted by atomic mass is 16.5. The zero-order valence-corrected chi connectivity index (χ0v) is 15.7. The predicted octanol–water partition coefficient (Wildman–Crippen LogP) is 4.44. The molecule has 1 N–H and O–H groups in total. The summed E-state index contributed by atoms with van der Waals surface area (Å²) in [5.74, 6) is 0.704. The molecular weight excluding hydrogens is 328 g/mol. The van der Waals surface area contributed by atoms with Crippen molar-refractivity contribution in [1.82, 2.24) is 4.90 Å². The largest absolute Gasteiger partial charge is 0.453 e. The molecular formula is C21H28N2O3. The number of para-hydroxylation sites is 1. The van der Waals surface area contributed by atoms with Crippen LogP contribution in [0, 0.1) is 0 Å². The zero-order valence-electron chi connectivity index (χ0n) is 15.7. The minimum absolute atomic E-state index is 0.236. The molecule has 0 aliphatic heterocycles. The van der Waals surface area contributed by atoms with Crippen molar-refractivity contribution in [2.45, 2.75) is 51.3 Å². The van der Waals surface area contributed by atoms with Gasteiger partial charge in [-0.05, 0) is 43.7 Å². The van der Waals surface area contributed by atoms with Gasteiger partial charge in [0.1, 0.15) is 12.4 Å². The van der Waals surface area contributed by atoms with Crippen LogP contribution in [0.2, 0.25) is 0 Å². The molecule has 1 aromatic heterocycles. The average Bonchev–Trinajstić information content (AvgIpc) is 3.13. The number of furan rings is 1. The topological polar surface area (TPSA) is 54.7 Å². The Kier molecular flexibility index (Phi) is 6.47. The van der Waals surface area contributed by atoms with Crippen molar-refractivity contribution >= 4 is 11.6 Å². The first-order valence-electron chi connectivity index (χ1n) is 9.34. The van der Waals surface area contributed by atoms with Crippen LogP contribution in [0.5, 0.6) is 0 Å². The summed E-state index contributed by atoms with van der Waals surface area (Å²) < 4.78 is 10.6. The minimum Gasteiger partial charge on any atom is -0.453 e. The van der Waals surface area contributed by atoms with Crippen molar-refractivity contribution in [2.24, 2.45) is 0 Å². The molecule has 0 unspecified atom stereocenters. The molecule has 0 atom stereocenters. The Morgan fingerprint density at radius 1 is 1.19 bits per heavy atom. The molecule has 1 saturated carbocycles. The summed E-state index contributed by atoms with van der Waals surface area (Å²) >= 11 is 0. The van der Waals surface area contributed by atoms with Crippen molar-refractivity contribution in [1.29, 1.82) is 0 Å². The maximum atomic E-state index is 12.5. The molecule has 2 aromatic rings. The summed E-state index contributed by atoms with van der Waals surface area (Å²) in [6, 6.07) is 12.1. The number of carbonyl (C=O) groups is 1. The molecule has 26 heavy (non-hydrogen) atoms. The molecule has 1 amide bonds. The van der Waals surface area contributed by atoms with Gasteiger partial charge in [0.25, 0.3) is 5.91 Å². The summed E-state index contributed by atoms with van der Waals surface area (Å²) in [6.07, 6.45) is 6.51. The van der Waals surface area contributed by atoms with Gasteiger partial charge < -0.3 is 14.5 Å². The van der Waals surface area contributed by atoms with Crippen molar-refractivity contribution in [3.05, 3.63) is 53.5 Å². The van der Waals surface area contributed by atoms with Crippen molar-refractivity contribution in [3.63, 3.8) is 0 Å². The fourth-order valence-corrected chi connectivity index (χ4v) is 3.60.